The predicted molar refractivity (Wildman–Crippen MR) is 102 cm³/mol. The third-order valence-electron chi connectivity index (χ3n) is 5.43. The highest BCUT2D eigenvalue weighted by Gasteiger charge is 2.28. The van der Waals surface area contributed by atoms with Crippen molar-refractivity contribution in [2.24, 2.45) is 0 Å². The van der Waals surface area contributed by atoms with Crippen LogP contribution in [0.1, 0.15) is 56.5 Å². The normalized spacial score (nSPS) is 15.8. The van der Waals surface area contributed by atoms with E-state index in [1.807, 2.05) is 31.3 Å². The number of hydrogen-bond donors (Lipinski definition) is 0. The van der Waals surface area contributed by atoms with Gasteiger partial charge >= 0.3 is 0 Å². The Morgan fingerprint density at radius 2 is 2.08 bits per heavy atom. The molecular formula is C21H29N3O2. The van der Waals surface area contributed by atoms with Crippen molar-refractivity contribution < 1.29 is 9.53 Å². The second-order valence-corrected chi connectivity index (χ2v) is 7.21. The molecule has 0 N–H and O–H groups in total. The van der Waals surface area contributed by atoms with Gasteiger partial charge in [0, 0.05) is 43.0 Å². The van der Waals surface area contributed by atoms with Crippen LogP contribution in [0.15, 0.2) is 36.7 Å². The summed E-state index contributed by atoms with van der Waals surface area (Å²) in [6.45, 7) is 4.68. The smallest absolute Gasteiger partial charge is 0.225 e. The minimum absolute atomic E-state index is 0.103. The largest absolute Gasteiger partial charge is 0.496 e. The van der Waals surface area contributed by atoms with E-state index in [1.54, 1.807) is 13.3 Å². The second kappa shape index (κ2) is 8.39. The fourth-order valence-corrected chi connectivity index (χ4v) is 3.98. The van der Waals surface area contributed by atoms with Gasteiger partial charge in [0.15, 0.2) is 0 Å². The zero-order valence-electron chi connectivity index (χ0n) is 16.0. The van der Waals surface area contributed by atoms with E-state index in [2.05, 4.69) is 27.4 Å². The molecule has 5 heteroatoms. The van der Waals surface area contributed by atoms with Gasteiger partial charge < -0.3 is 14.2 Å². The number of nitrogens with zero attached hydrogens (tertiary/aromatic N) is 3. The maximum Gasteiger partial charge on any atom is 0.225 e. The van der Waals surface area contributed by atoms with Crippen LogP contribution in [0.25, 0.3) is 0 Å². The van der Waals surface area contributed by atoms with Crippen molar-refractivity contribution in [1.29, 1.82) is 0 Å². The summed E-state index contributed by atoms with van der Waals surface area (Å²) in [6, 6.07) is 8.43. The summed E-state index contributed by atoms with van der Waals surface area (Å²) in [7, 11) is 1.68. The highest BCUT2D eigenvalue weighted by Crippen LogP contribution is 2.29. The number of methoxy groups -OCH3 is 1. The van der Waals surface area contributed by atoms with Gasteiger partial charge in [0.05, 0.1) is 7.11 Å². The van der Waals surface area contributed by atoms with Crippen LogP contribution in [0.2, 0.25) is 0 Å². The molecule has 1 atom stereocenters. The number of hydrogen-bond acceptors (Lipinski definition) is 3. The Morgan fingerprint density at radius 3 is 2.73 bits per heavy atom. The summed E-state index contributed by atoms with van der Waals surface area (Å²) in [6.07, 6.45) is 8.84. The lowest BCUT2D eigenvalue weighted by atomic mass is 10.1. The van der Waals surface area contributed by atoms with Crippen LogP contribution in [0.4, 0.5) is 0 Å². The molecule has 0 aliphatic heterocycles. The van der Waals surface area contributed by atoms with Crippen LogP contribution in [0.3, 0.4) is 0 Å². The number of carbonyl (C=O) groups excluding carboxylic acids is 1. The molecule has 3 rings (SSSR count). The molecule has 5 nitrogen and oxygen atoms in total. The highest BCUT2D eigenvalue weighted by atomic mass is 16.5. The fourth-order valence-electron chi connectivity index (χ4n) is 3.98. The molecule has 0 saturated heterocycles. The van der Waals surface area contributed by atoms with Crippen LogP contribution < -0.4 is 4.74 Å². The van der Waals surface area contributed by atoms with Crippen molar-refractivity contribution in [2.45, 2.75) is 64.6 Å². The Morgan fingerprint density at radius 1 is 1.35 bits per heavy atom. The lowest BCUT2D eigenvalue weighted by Gasteiger charge is -2.31. The monoisotopic (exact) mass is 355 g/mol. The fraction of sp³-hybridized carbons (Fsp3) is 0.524. The zero-order chi connectivity index (χ0) is 18.5. The summed E-state index contributed by atoms with van der Waals surface area (Å²) in [4.78, 5) is 19.6. The summed E-state index contributed by atoms with van der Waals surface area (Å²) in [5.41, 5.74) is 1.07. The number of rotatable bonds is 7. The summed E-state index contributed by atoms with van der Waals surface area (Å²) < 4.78 is 7.57. The molecule has 1 aromatic carbocycles. The molecule has 26 heavy (non-hydrogen) atoms. The molecule has 1 amide bonds. The molecule has 1 aliphatic rings. The number of aromatic nitrogens is 2. The second-order valence-electron chi connectivity index (χ2n) is 7.21. The molecule has 1 aliphatic carbocycles. The highest BCUT2D eigenvalue weighted by molar-refractivity contribution is 5.77. The first-order chi connectivity index (χ1) is 12.6. The maximum atomic E-state index is 13.2. The topological polar surface area (TPSA) is 47.4 Å². The van der Waals surface area contributed by atoms with Crippen molar-refractivity contribution in [1.82, 2.24) is 14.5 Å². The first-order valence-electron chi connectivity index (χ1n) is 9.51. The van der Waals surface area contributed by atoms with Crippen LogP contribution >= 0.6 is 0 Å². The van der Waals surface area contributed by atoms with Gasteiger partial charge in [-0.1, -0.05) is 31.0 Å². The Kier molecular flexibility index (Phi) is 5.96. The van der Waals surface area contributed by atoms with E-state index in [0.717, 1.165) is 30.0 Å². The van der Waals surface area contributed by atoms with Gasteiger partial charge in [0.25, 0.3) is 0 Å². The van der Waals surface area contributed by atoms with Crippen LogP contribution in [-0.4, -0.2) is 33.5 Å². The SMILES string of the molecule is COc1ccccc1CN(C(=O)C[C@H](C)n1ccnc1C)C1CCCC1. The van der Waals surface area contributed by atoms with E-state index >= 15 is 0 Å². The molecule has 1 saturated carbocycles. The molecule has 1 fully saturated rings. The Bertz CT molecular complexity index is 734. The minimum atomic E-state index is 0.103. The molecule has 1 aromatic heterocycles. The lowest BCUT2D eigenvalue weighted by Crippen LogP contribution is -2.39. The quantitative estimate of drug-likeness (QED) is 0.750. The molecule has 0 spiro atoms. The van der Waals surface area contributed by atoms with Crippen molar-refractivity contribution in [2.75, 3.05) is 7.11 Å². The Labute approximate surface area is 156 Å². The van der Waals surface area contributed by atoms with Crippen molar-refractivity contribution >= 4 is 5.91 Å². The van der Waals surface area contributed by atoms with Gasteiger partial charge in [0.1, 0.15) is 11.6 Å². The van der Waals surface area contributed by atoms with Crippen molar-refractivity contribution in [3.63, 3.8) is 0 Å². The van der Waals surface area contributed by atoms with E-state index in [9.17, 15) is 4.79 Å². The average molecular weight is 355 g/mol. The number of ether oxygens (including phenoxy) is 1. The Hall–Kier alpha value is -2.30. The number of aryl methyl sites for hydroxylation is 1. The molecule has 0 radical (unpaired) electrons. The maximum absolute atomic E-state index is 13.2. The molecular weight excluding hydrogens is 326 g/mol. The first kappa shape index (κ1) is 18.5. The third-order valence-corrected chi connectivity index (χ3v) is 5.43. The van der Waals surface area contributed by atoms with E-state index < -0.39 is 0 Å². The molecule has 0 bridgehead atoms. The van der Waals surface area contributed by atoms with Gasteiger partial charge in [-0.05, 0) is 32.8 Å². The molecule has 1 heterocycles. The summed E-state index contributed by atoms with van der Waals surface area (Å²) in [5.74, 6) is 2.01. The van der Waals surface area contributed by atoms with Crippen LogP contribution in [0, 0.1) is 6.92 Å². The number of para-hydroxylation sites is 1. The van der Waals surface area contributed by atoms with Gasteiger partial charge in [-0.3, -0.25) is 4.79 Å². The summed E-state index contributed by atoms with van der Waals surface area (Å²) >= 11 is 0. The van der Waals surface area contributed by atoms with Gasteiger partial charge in [0.2, 0.25) is 5.91 Å². The molecule has 0 unspecified atom stereocenters. The lowest BCUT2D eigenvalue weighted by molar-refractivity contribution is -0.135. The van der Waals surface area contributed by atoms with Gasteiger partial charge in [-0.25, -0.2) is 4.98 Å². The Balaban J connectivity index is 1.77. The van der Waals surface area contributed by atoms with Crippen LogP contribution in [0.5, 0.6) is 5.75 Å². The molecule has 140 valence electrons. The molecule has 2 aromatic rings. The van der Waals surface area contributed by atoms with E-state index in [1.165, 1.54) is 12.8 Å². The van der Waals surface area contributed by atoms with Gasteiger partial charge in [-0.15, -0.1) is 0 Å². The first-order valence-corrected chi connectivity index (χ1v) is 9.51. The van der Waals surface area contributed by atoms with Crippen LogP contribution in [-0.2, 0) is 11.3 Å². The average Bonchev–Trinajstić information content (AvgIpc) is 3.31. The van der Waals surface area contributed by atoms with E-state index in [0.29, 0.717) is 19.0 Å². The number of benzene rings is 1. The minimum Gasteiger partial charge on any atom is -0.496 e. The third kappa shape index (κ3) is 4.09. The van der Waals surface area contributed by atoms with E-state index in [4.69, 9.17) is 4.74 Å². The van der Waals surface area contributed by atoms with Crippen molar-refractivity contribution in [3.05, 3.63) is 48.0 Å². The number of amides is 1. The summed E-state index contributed by atoms with van der Waals surface area (Å²) in [5, 5.41) is 0. The van der Waals surface area contributed by atoms with E-state index in [-0.39, 0.29) is 11.9 Å². The zero-order valence-corrected chi connectivity index (χ0v) is 16.0. The van der Waals surface area contributed by atoms with Crippen molar-refractivity contribution in [3.8, 4) is 5.75 Å². The number of imidazole rings is 1. The predicted octanol–water partition coefficient (Wildman–Crippen LogP) is 4.12. The number of carbonyl (C=O) groups is 1. The standard InChI is InChI=1S/C21H29N3O2/c1-16(23-13-12-22-17(23)2)14-21(25)24(19-9-5-6-10-19)15-18-8-4-7-11-20(18)26-3/h4,7-8,11-13,16,19H,5-6,9-10,14-15H2,1-3H3/t16-/m0/s1. The van der Waals surface area contributed by atoms with Gasteiger partial charge in [-0.2, -0.15) is 0 Å².